The fourth-order valence-corrected chi connectivity index (χ4v) is 5.52. The van der Waals surface area contributed by atoms with E-state index >= 15 is 0 Å². The number of carbonyl (C=O) groups is 2. The summed E-state index contributed by atoms with van der Waals surface area (Å²) < 4.78 is 11.1. The maximum absolute atomic E-state index is 12.5. The van der Waals surface area contributed by atoms with Crippen molar-refractivity contribution in [1.29, 1.82) is 0 Å². The molecule has 0 N–H and O–H groups in total. The highest BCUT2D eigenvalue weighted by molar-refractivity contribution is 5.68. The Morgan fingerprint density at radius 1 is 0.912 bits per heavy atom. The summed E-state index contributed by atoms with van der Waals surface area (Å²) in [7, 11) is 0. The van der Waals surface area contributed by atoms with Gasteiger partial charge in [0.1, 0.15) is 12.2 Å². The Labute approximate surface area is 204 Å². The Kier molecular flexibility index (Phi) is 7.70. The number of ether oxygens (including phenoxy) is 2. The summed E-state index contributed by atoms with van der Waals surface area (Å²) in [6.45, 7) is 12.6. The number of nitrogens with zero attached hydrogens (tertiary/aromatic N) is 3. The molecule has 7 nitrogen and oxygen atoms in total. The molecule has 0 bridgehead atoms. The summed E-state index contributed by atoms with van der Waals surface area (Å²) in [6, 6.07) is 9.85. The first-order valence-electron chi connectivity index (χ1n) is 12.9. The second kappa shape index (κ2) is 10.5. The van der Waals surface area contributed by atoms with Gasteiger partial charge in [0.2, 0.25) is 0 Å². The van der Waals surface area contributed by atoms with Gasteiger partial charge in [0, 0.05) is 32.7 Å². The van der Waals surface area contributed by atoms with Crippen LogP contribution in [0.5, 0.6) is 0 Å². The van der Waals surface area contributed by atoms with E-state index in [1.54, 1.807) is 0 Å². The van der Waals surface area contributed by atoms with Crippen LogP contribution in [0.4, 0.5) is 9.59 Å². The molecule has 1 aromatic carbocycles. The van der Waals surface area contributed by atoms with E-state index in [1.807, 2.05) is 60.9 Å². The van der Waals surface area contributed by atoms with Crippen molar-refractivity contribution in [2.45, 2.75) is 65.1 Å². The number of carbonyl (C=O) groups excluding carboxylic acids is 2. The predicted molar refractivity (Wildman–Crippen MR) is 131 cm³/mol. The zero-order valence-electron chi connectivity index (χ0n) is 21.1. The molecule has 1 atom stereocenters. The molecule has 1 spiro atoms. The highest BCUT2D eigenvalue weighted by atomic mass is 16.6. The summed E-state index contributed by atoms with van der Waals surface area (Å²) in [6.07, 6.45) is 5.22. The van der Waals surface area contributed by atoms with Crippen LogP contribution < -0.4 is 0 Å². The Morgan fingerprint density at radius 2 is 1.56 bits per heavy atom. The van der Waals surface area contributed by atoms with Crippen LogP contribution in [0.1, 0.15) is 58.4 Å². The van der Waals surface area contributed by atoms with Crippen LogP contribution in [-0.2, 0) is 16.1 Å². The van der Waals surface area contributed by atoms with E-state index in [9.17, 15) is 9.59 Å². The van der Waals surface area contributed by atoms with Gasteiger partial charge in [0.25, 0.3) is 0 Å². The van der Waals surface area contributed by atoms with Crippen LogP contribution in [0.2, 0.25) is 0 Å². The van der Waals surface area contributed by atoms with Gasteiger partial charge in [-0.05, 0) is 82.9 Å². The average molecular weight is 472 g/mol. The molecular formula is C27H41N3O4. The van der Waals surface area contributed by atoms with Crippen molar-refractivity contribution in [1.82, 2.24) is 14.7 Å². The van der Waals surface area contributed by atoms with Gasteiger partial charge in [-0.3, -0.25) is 0 Å². The van der Waals surface area contributed by atoms with Gasteiger partial charge < -0.3 is 24.2 Å². The van der Waals surface area contributed by atoms with E-state index in [0.717, 1.165) is 70.6 Å². The standard InChI is InChI=1S/C27H41N3O4/c1-26(2,3)34-25(32)30-14-9-23(20-30)19-28-15-10-27(11-16-28)12-17-29(18-13-27)24(31)33-21-22-7-5-4-6-8-22/h4-8,23H,9-21H2,1-3H3/t23-/m0/s1. The van der Waals surface area contributed by atoms with E-state index < -0.39 is 5.60 Å². The quantitative estimate of drug-likeness (QED) is 0.634. The minimum atomic E-state index is -0.440. The smallest absolute Gasteiger partial charge is 0.410 e. The normalized spacial score (nSPS) is 23.2. The molecule has 4 rings (SSSR count). The van der Waals surface area contributed by atoms with Crippen molar-refractivity contribution < 1.29 is 19.1 Å². The van der Waals surface area contributed by atoms with Gasteiger partial charge >= 0.3 is 12.2 Å². The number of likely N-dealkylation sites (tertiary alicyclic amines) is 3. The van der Waals surface area contributed by atoms with E-state index in [2.05, 4.69) is 4.90 Å². The molecule has 0 aromatic heterocycles. The second-order valence-electron chi connectivity index (χ2n) is 11.4. The van der Waals surface area contributed by atoms with Gasteiger partial charge in [0.15, 0.2) is 0 Å². The summed E-state index contributed by atoms with van der Waals surface area (Å²) in [5.74, 6) is 0.530. The van der Waals surface area contributed by atoms with Crippen LogP contribution in [0.25, 0.3) is 0 Å². The van der Waals surface area contributed by atoms with E-state index in [1.165, 1.54) is 12.8 Å². The third-order valence-electron chi connectivity index (χ3n) is 7.66. The molecule has 34 heavy (non-hydrogen) atoms. The molecule has 1 aromatic rings. The predicted octanol–water partition coefficient (Wildman–Crippen LogP) is 4.76. The van der Waals surface area contributed by atoms with Crippen molar-refractivity contribution >= 4 is 12.2 Å². The largest absolute Gasteiger partial charge is 0.445 e. The molecule has 0 radical (unpaired) electrons. The van der Waals surface area contributed by atoms with E-state index in [4.69, 9.17) is 9.47 Å². The summed E-state index contributed by atoms with van der Waals surface area (Å²) in [5, 5.41) is 0. The number of amides is 2. The number of piperidine rings is 2. The van der Waals surface area contributed by atoms with Crippen LogP contribution in [0.3, 0.4) is 0 Å². The highest BCUT2D eigenvalue weighted by Crippen LogP contribution is 2.41. The van der Waals surface area contributed by atoms with Gasteiger partial charge in [-0.15, -0.1) is 0 Å². The Bertz CT molecular complexity index is 820. The third kappa shape index (κ3) is 6.65. The molecular weight excluding hydrogens is 430 g/mol. The van der Waals surface area contributed by atoms with Gasteiger partial charge in [0.05, 0.1) is 0 Å². The van der Waals surface area contributed by atoms with Crippen LogP contribution in [0.15, 0.2) is 30.3 Å². The minimum Gasteiger partial charge on any atom is -0.445 e. The summed E-state index contributed by atoms with van der Waals surface area (Å²) in [4.78, 5) is 31.2. The molecule has 3 aliphatic rings. The summed E-state index contributed by atoms with van der Waals surface area (Å²) >= 11 is 0. The average Bonchev–Trinajstić information content (AvgIpc) is 3.28. The molecule has 7 heteroatoms. The monoisotopic (exact) mass is 471 g/mol. The molecule has 3 saturated heterocycles. The first-order valence-corrected chi connectivity index (χ1v) is 12.9. The van der Waals surface area contributed by atoms with E-state index in [-0.39, 0.29) is 12.2 Å². The van der Waals surface area contributed by atoms with Gasteiger partial charge in [-0.2, -0.15) is 0 Å². The van der Waals surface area contributed by atoms with Crippen molar-refractivity contribution in [3.8, 4) is 0 Å². The molecule has 0 saturated carbocycles. The lowest BCUT2D eigenvalue weighted by atomic mass is 9.71. The number of hydrogen-bond acceptors (Lipinski definition) is 5. The number of hydrogen-bond donors (Lipinski definition) is 0. The molecule has 0 unspecified atom stereocenters. The van der Waals surface area contributed by atoms with Crippen molar-refractivity contribution in [3.63, 3.8) is 0 Å². The highest BCUT2D eigenvalue weighted by Gasteiger charge is 2.39. The van der Waals surface area contributed by atoms with Crippen LogP contribution in [-0.4, -0.2) is 78.3 Å². The Hall–Kier alpha value is -2.28. The molecule has 3 heterocycles. The second-order valence-corrected chi connectivity index (χ2v) is 11.4. The van der Waals surface area contributed by atoms with Crippen molar-refractivity contribution in [2.75, 3.05) is 45.8 Å². The molecule has 0 aliphatic carbocycles. The maximum atomic E-state index is 12.5. The Balaban J connectivity index is 1.15. The molecule has 3 fully saturated rings. The number of rotatable bonds is 4. The minimum absolute atomic E-state index is 0.179. The lowest BCUT2D eigenvalue weighted by molar-refractivity contribution is 0.0213. The van der Waals surface area contributed by atoms with E-state index in [0.29, 0.717) is 17.9 Å². The SMILES string of the molecule is CC(C)(C)OC(=O)N1CC[C@@H](CN2CCC3(CC2)CCN(C(=O)OCc2ccccc2)CC3)C1. The zero-order valence-corrected chi connectivity index (χ0v) is 21.1. The topological polar surface area (TPSA) is 62.3 Å². The first kappa shape index (κ1) is 24.8. The van der Waals surface area contributed by atoms with Gasteiger partial charge in [-0.1, -0.05) is 30.3 Å². The fourth-order valence-electron chi connectivity index (χ4n) is 5.52. The molecule has 3 aliphatic heterocycles. The molecule has 2 amide bonds. The van der Waals surface area contributed by atoms with Crippen LogP contribution >= 0.6 is 0 Å². The molecule has 188 valence electrons. The van der Waals surface area contributed by atoms with Crippen molar-refractivity contribution in [2.24, 2.45) is 11.3 Å². The van der Waals surface area contributed by atoms with Crippen molar-refractivity contribution in [3.05, 3.63) is 35.9 Å². The lowest BCUT2D eigenvalue weighted by Gasteiger charge is -2.47. The summed E-state index contributed by atoms with van der Waals surface area (Å²) in [5.41, 5.74) is 0.948. The maximum Gasteiger partial charge on any atom is 0.410 e. The fraction of sp³-hybridized carbons (Fsp3) is 0.704. The lowest BCUT2D eigenvalue weighted by Crippen LogP contribution is -2.49. The van der Waals surface area contributed by atoms with Crippen LogP contribution in [0, 0.1) is 11.3 Å². The zero-order chi connectivity index (χ0) is 24.2. The number of benzene rings is 1. The van der Waals surface area contributed by atoms with Gasteiger partial charge in [-0.25, -0.2) is 9.59 Å². The first-order chi connectivity index (χ1) is 16.2. The Morgan fingerprint density at radius 3 is 2.21 bits per heavy atom. The third-order valence-corrected chi connectivity index (χ3v) is 7.66.